The van der Waals surface area contributed by atoms with E-state index < -0.39 is 16.6 Å². The number of nitro benzene ring substituents is 1. The number of nitro groups is 1. The Balaban J connectivity index is 2.33. The SMILES string of the molecule is O=C(Nc1ccccc1[N+](=O)[O-])c1cc(Br)ccc1F. The Morgan fingerprint density at radius 1 is 1.25 bits per heavy atom. The molecule has 2 aromatic rings. The largest absolute Gasteiger partial charge is 0.316 e. The van der Waals surface area contributed by atoms with Gasteiger partial charge in [0.05, 0.1) is 10.5 Å². The summed E-state index contributed by atoms with van der Waals surface area (Å²) in [5.74, 6) is -1.46. The molecular weight excluding hydrogens is 331 g/mol. The molecule has 5 nitrogen and oxygen atoms in total. The van der Waals surface area contributed by atoms with Gasteiger partial charge in [0.1, 0.15) is 11.5 Å². The monoisotopic (exact) mass is 338 g/mol. The summed E-state index contributed by atoms with van der Waals surface area (Å²) in [6.07, 6.45) is 0. The number of carbonyl (C=O) groups excluding carboxylic acids is 1. The van der Waals surface area contributed by atoms with Crippen LogP contribution in [-0.2, 0) is 0 Å². The molecule has 0 radical (unpaired) electrons. The highest BCUT2D eigenvalue weighted by molar-refractivity contribution is 9.10. The van der Waals surface area contributed by atoms with Gasteiger partial charge in [0.2, 0.25) is 0 Å². The highest BCUT2D eigenvalue weighted by Gasteiger charge is 2.18. The molecule has 0 saturated heterocycles. The summed E-state index contributed by atoms with van der Waals surface area (Å²) in [5, 5.41) is 13.2. The number of nitrogens with one attached hydrogen (secondary N) is 1. The van der Waals surface area contributed by atoms with Crippen LogP contribution in [0, 0.1) is 15.9 Å². The number of nitrogens with zero attached hydrogens (tertiary/aromatic N) is 1. The number of anilines is 1. The van der Waals surface area contributed by atoms with Crippen molar-refractivity contribution in [2.24, 2.45) is 0 Å². The number of para-hydroxylation sites is 2. The van der Waals surface area contributed by atoms with Crippen molar-refractivity contribution in [1.82, 2.24) is 0 Å². The third-order valence-corrected chi connectivity index (χ3v) is 3.02. The van der Waals surface area contributed by atoms with Crippen molar-refractivity contribution in [2.75, 3.05) is 5.32 Å². The first kappa shape index (κ1) is 14.1. The zero-order valence-electron chi connectivity index (χ0n) is 9.97. The zero-order chi connectivity index (χ0) is 14.7. The van der Waals surface area contributed by atoms with Gasteiger partial charge in [0, 0.05) is 10.5 Å². The van der Waals surface area contributed by atoms with Crippen LogP contribution in [0.5, 0.6) is 0 Å². The van der Waals surface area contributed by atoms with Crippen LogP contribution in [0.25, 0.3) is 0 Å². The minimum absolute atomic E-state index is 0.0156. The van der Waals surface area contributed by atoms with E-state index in [1.807, 2.05) is 0 Å². The molecule has 0 aromatic heterocycles. The molecule has 102 valence electrons. The van der Waals surface area contributed by atoms with Crippen molar-refractivity contribution in [3.8, 4) is 0 Å². The van der Waals surface area contributed by atoms with Crippen LogP contribution >= 0.6 is 15.9 Å². The van der Waals surface area contributed by atoms with Gasteiger partial charge in [-0.2, -0.15) is 0 Å². The van der Waals surface area contributed by atoms with Gasteiger partial charge < -0.3 is 5.32 Å². The highest BCUT2D eigenvalue weighted by Crippen LogP contribution is 2.24. The molecule has 1 N–H and O–H groups in total. The number of hydrogen-bond acceptors (Lipinski definition) is 3. The summed E-state index contributed by atoms with van der Waals surface area (Å²) in [6.45, 7) is 0. The van der Waals surface area contributed by atoms with Gasteiger partial charge in [-0.3, -0.25) is 14.9 Å². The molecule has 2 rings (SSSR count). The molecule has 0 atom stereocenters. The first-order valence-electron chi connectivity index (χ1n) is 5.49. The molecule has 0 heterocycles. The van der Waals surface area contributed by atoms with Crippen LogP contribution in [0.15, 0.2) is 46.9 Å². The lowest BCUT2D eigenvalue weighted by atomic mass is 10.2. The van der Waals surface area contributed by atoms with E-state index in [1.54, 1.807) is 6.07 Å². The Morgan fingerprint density at radius 2 is 1.95 bits per heavy atom. The predicted molar refractivity (Wildman–Crippen MR) is 75.1 cm³/mol. The summed E-state index contributed by atoms with van der Waals surface area (Å²) in [5.41, 5.74) is -0.435. The normalized spacial score (nSPS) is 10.1. The fourth-order valence-corrected chi connectivity index (χ4v) is 1.96. The summed E-state index contributed by atoms with van der Waals surface area (Å²) in [6, 6.07) is 9.56. The second-order valence-corrected chi connectivity index (χ2v) is 4.77. The Hall–Kier alpha value is -2.28. The van der Waals surface area contributed by atoms with E-state index >= 15 is 0 Å². The van der Waals surface area contributed by atoms with Crippen LogP contribution in [0.3, 0.4) is 0 Å². The fourth-order valence-electron chi connectivity index (χ4n) is 1.60. The van der Waals surface area contributed by atoms with Crippen molar-refractivity contribution in [2.45, 2.75) is 0 Å². The maximum atomic E-state index is 13.6. The number of amides is 1. The first-order valence-corrected chi connectivity index (χ1v) is 6.28. The van der Waals surface area contributed by atoms with E-state index in [1.165, 1.54) is 30.3 Å². The highest BCUT2D eigenvalue weighted by atomic mass is 79.9. The Labute approximate surface area is 121 Å². The van der Waals surface area contributed by atoms with Gasteiger partial charge in [-0.15, -0.1) is 0 Å². The van der Waals surface area contributed by atoms with E-state index in [9.17, 15) is 19.3 Å². The number of carbonyl (C=O) groups is 1. The van der Waals surface area contributed by atoms with Gasteiger partial charge in [-0.05, 0) is 24.3 Å². The van der Waals surface area contributed by atoms with E-state index in [0.717, 1.165) is 6.07 Å². The average molecular weight is 339 g/mol. The molecule has 0 spiro atoms. The summed E-state index contributed by atoms with van der Waals surface area (Å²) in [7, 11) is 0. The van der Waals surface area contributed by atoms with E-state index in [4.69, 9.17) is 0 Å². The van der Waals surface area contributed by atoms with Crippen molar-refractivity contribution in [3.05, 3.63) is 68.4 Å². The second kappa shape index (κ2) is 5.79. The second-order valence-electron chi connectivity index (χ2n) is 3.85. The predicted octanol–water partition coefficient (Wildman–Crippen LogP) is 3.75. The topological polar surface area (TPSA) is 72.2 Å². The van der Waals surface area contributed by atoms with E-state index in [0.29, 0.717) is 4.47 Å². The standard InChI is InChI=1S/C13H8BrFN2O3/c14-8-5-6-10(15)9(7-8)13(18)16-11-3-1-2-4-12(11)17(19)20/h1-7H,(H,16,18). The van der Waals surface area contributed by atoms with Gasteiger partial charge in [0.25, 0.3) is 11.6 Å². The maximum Gasteiger partial charge on any atom is 0.292 e. The molecule has 0 aliphatic heterocycles. The minimum atomic E-state index is -0.752. The van der Waals surface area contributed by atoms with Crippen molar-refractivity contribution >= 4 is 33.2 Å². The summed E-state index contributed by atoms with van der Waals surface area (Å²) >= 11 is 3.13. The molecule has 0 aliphatic carbocycles. The van der Waals surface area contributed by atoms with Crippen LogP contribution in [0.1, 0.15) is 10.4 Å². The smallest absolute Gasteiger partial charge is 0.292 e. The van der Waals surface area contributed by atoms with Crippen LogP contribution in [0.4, 0.5) is 15.8 Å². The molecule has 0 fully saturated rings. The third-order valence-electron chi connectivity index (χ3n) is 2.52. The Kier molecular flexibility index (Phi) is 4.09. The van der Waals surface area contributed by atoms with E-state index in [2.05, 4.69) is 21.2 Å². The lowest BCUT2D eigenvalue weighted by Crippen LogP contribution is -2.14. The molecule has 0 aliphatic rings. The molecular formula is C13H8BrFN2O3. The maximum absolute atomic E-state index is 13.6. The van der Waals surface area contributed by atoms with Gasteiger partial charge in [-0.25, -0.2) is 4.39 Å². The fraction of sp³-hybridized carbons (Fsp3) is 0. The average Bonchev–Trinajstić information content (AvgIpc) is 2.41. The molecule has 0 saturated carbocycles. The molecule has 1 amide bonds. The number of hydrogen-bond donors (Lipinski definition) is 1. The molecule has 2 aromatic carbocycles. The molecule has 0 unspecified atom stereocenters. The minimum Gasteiger partial charge on any atom is -0.316 e. The van der Waals surface area contributed by atoms with Gasteiger partial charge in [-0.1, -0.05) is 28.1 Å². The van der Waals surface area contributed by atoms with Crippen LogP contribution < -0.4 is 5.32 Å². The van der Waals surface area contributed by atoms with Crippen molar-refractivity contribution in [1.29, 1.82) is 0 Å². The lowest BCUT2D eigenvalue weighted by molar-refractivity contribution is -0.383. The van der Waals surface area contributed by atoms with Gasteiger partial charge in [0.15, 0.2) is 0 Å². The summed E-state index contributed by atoms with van der Waals surface area (Å²) in [4.78, 5) is 22.2. The summed E-state index contributed by atoms with van der Waals surface area (Å²) < 4.78 is 14.1. The Bertz CT molecular complexity index is 691. The molecule has 7 heteroatoms. The van der Waals surface area contributed by atoms with E-state index in [-0.39, 0.29) is 16.9 Å². The quantitative estimate of drug-likeness (QED) is 0.684. The van der Waals surface area contributed by atoms with Crippen molar-refractivity contribution in [3.63, 3.8) is 0 Å². The first-order chi connectivity index (χ1) is 9.49. The molecule has 20 heavy (non-hydrogen) atoms. The Morgan fingerprint density at radius 3 is 2.65 bits per heavy atom. The zero-order valence-corrected chi connectivity index (χ0v) is 11.6. The third kappa shape index (κ3) is 3.00. The number of rotatable bonds is 3. The van der Waals surface area contributed by atoms with Crippen molar-refractivity contribution < 1.29 is 14.1 Å². The van der Waals surface area contributed by atoms with Gasteiger partial charge >= 0.3 is 0 Å². The molecule has 0 bridgehead atoms. The number of halogens is 2. The van der Waals surface area contributed by atoms with Crippen LogP contribution in [0.2, 0.25) is 0 Å². The van der Waals surface area contributed by atoms with Crippen LogP contribution in [-0.4, -0.2) is 10.8 Å². The lowest BCUT2D eigenvalue weighted by Gasteiger charge is -2.07. The number of benzene rings is 2.